The lowest BCUT2D eigenvalue weighted by Crippen LogP contribution is -2.15. The molecule has 0 radical (unpaired) electrons. The fraction of sp³-hybridized carbons (Fsp3) is 0.267. The third-order valence-electron chi connectivity index (χ3n) is 2.87. The summed E-state index contributed by atoms with van der Waals surface area (Å²) in [7, 11) is 1.45. The van der Waals surface area contributed by atoms with E-state index < -0.39 is 0 Å². The Kier molecular flexibility index (Phi) is 4.15. The van der Waals surface area contributed by atoms with Crippen molar-refractivity contribution < 1.29 is 9.53 Å². The maximum Gasteiger partial charge on any atom is 0.314 e. The van der Waals surface area contributed by atoms with Gasteiger partial charge in [0.25, 0.3) is 0 Å². The normalized spacial score (nSPS) is 12.1. The second kappa shape index (κ2) is 5.83. The van der Waals surface area contributed by atoms with Crippen molar-refractivity contribution in [3.8, 4) is 0 Å². The van der Waals surface area contributed by atoms with Gasteiger partial charge in [0.2, 0.25) is 0 Å². The molecule has 18 heavy (non-hydrogen) atoms. The van der Waals surface area contributed by atoms with Gasteiger partial charge < -0.3 is 4.74 Å². The maximum absolute atomic E-state index is 11.9. The minimum absolute atomic E-state index is 0.166. The fourth-order valence-corrected chi connectivity index (χ4v) is 2.90. The van der Waals surface area contributed by atoms with Crippen molar-refractivity contribution in [3.05, 3.63) is 57.8 Å². The first kappa shape index (κ1) is 12.8. The first-order valence-corrected chi connectivity index (χ1v) is 6.70. The minimum Gasteiger partial charge on any atom is -0.469 e. The molecule has 2 nitrogen and oxygen atoms in total. The van der Waals surface area contributed by atoms with Crippen LogP contribution >= 0.6 is 11.3 Å². The molecule has 0 N–H and O–H groups in total. The molecule has 0 amide bonds. The average molecular weight is 260 g/mol. The summed E-state index contributed by atoms with van der Waals surface area (Å²) in [6.07, 6.45) is 0.688. The third kappa shape index (κ3) is 2.99. The molecule has 2 rings (SSSR count). The SMILES string of the molecule is COC(=O)C(Cc1ccccc1)c1ccc(C)s1. The number of ether oxygens (including phenoxy) is 1. The molecular weight excluding hydrogens is 244 g/mol. The van der Waals surface area contributed by atoms with E-state index in [0.717, 1.165) is 10.4 Å². The first-order chi connectivity index (χ1) is 8.70. The standard InChI is InChI=1S/C15H16O2S/c1-11-8-9-14(18-11)13(15(16)17-2)10-12-6-4-3-5-7-12/h3-9,13H,10H2,1-2H3. The monoisotopic (exact) mass is 260 g/mol. The Bertz CT molecular complexity index is 516. The molecule has 0 aliphatic carbocycles. The number of carbonyl (C=O) groups is 1. The van der Waals surface area contributed by atoms with Crippen molar-refractivity contribution >= 4 is 17.3 Å². The van der Waals surface area contributed by atoms with Crippen LogP contribution in [0.15, 0.2) is 42.5 Å². The Labute approximate surface area is 111 Å². The van der Waals surface area contributed by atoms with E-state index in [-0.39, 0.29) is 11.9 Å². The highest BCUT2D eigenvalue weighted by molar-refractivity contribution is 7.12. The van der Waals surface area contributed by atoms with Gasteiger partial charge in [0.05, 0.1) is 13.0 Å². The van der Waals surface area contributed by atoms with Crippen LogP contribution in [0.25, 0.3) is 0 Å². The van der Waals surface area contributed by atoms with Crippen LogP contribution in [-0.2, 0) is 16.0 Å². The summed E-state index contributed by atoms with van der Waals surface area (Å²) in [5.41, 5.74) is 1.15. The zero-order valence-electron chi connectivity index (χ0n) is 10.6. The molecule has 1 heterocycles. The van der Waals surface area contributed by atoms with Crippen molar-refractivity contribution in [1.29, 1.82) is 0 Å². The lowest BCUT2D eigenvalue weighted by atomic mass is 9.98. The molecule has 0 spiro atoms. The smallest absolute Gasteiger partial charge is 0.314 e. The van der Waals surface area contributed by atoms with Gasteiger partial charge >= 0.3 is 5.97 Å². The second-order valence-corrected chi connectivity index (χ2v) is 5.53. The predicted molar refractivity (Wildman–Crippen MR) is 74.0 cm³/mol. The number of rotatable bonds is 4. The van der Waals surface area contributed by atoms with Gasteiger partial charge in [-0.15, -0.1) is 11.3 Å². The maximum atomic E-state index is 11.9. The molecule has 0 saturated heterocycles. The lowest BCUT2D eigenvalue weighted by Gasteiger charge is -2.13. The van der Waals surface area contributed by atoms with Crippen LogP contribution in [0.5, 0.6) is 0 Å². The van der Waals surface area contributed by atoms with Crippen molar-refractivity contribution in [2.45, 2.75) is 19.3 Å². The van der Waals surface area contributed by atoms with E-state index in [1.807, 2.05) is 49.4 Å². The summed E-state index contributed by atoms with van der Waals surface area (Å²) in [6, 6.07) is 14.1. The zero-order chi connectivity index (χ0) is 13.0. The highest BCUT2D eigenvalue weighted by atomic mass is 32.1. The molecule has 0 aliphatic heterocycles. The topological polar surface area (TPSA) is 26.3 Å². The van der Waals surface area contributed by atoms with Crippen LogP contribution in [0.2, 0.25) is 0 Å². The summed E-state index contributed by atoms with van der Waals surface area (Å²) in [4.78, 5) is 14.2. The van der Waals surface area contributed by atoms with Crippen LogP contribution in [0, 0.1) is 6.92 Å². The molecule has 94 valence electrons. The average Bonchev–Trinajstić information content (AvgIpc) is 2.83. The van der Waals surface area contributed by atoms with Crippen molar-refractivity contribution in [2.24, 2.45) is 0 Å². The Morgan fingerprint density at radius 1 is 1.22 bits per heavy atom. The summed E-state index contributed by atoms with van der Waals surface area (Å²) in [5, 5.41) is 0. The Morgan fingerprint density at radius 2 is 1.94 bits per heavy atom. The summed E-state index contributed by atoms with van der Waals surface area (Å²) >= 11 is 1.66. The molecule has 3 heteroatoms. The lowest BCUT2D eigenvalue weighted by molar-refractivity contribution is -0.142. The molecule has 0 saturated carbocycles. The van der Waals surface area contributed by atoms with Gasteiger partial charge in [-0.2, -0.15) is 0 Å². The number of esters is 1. The van der Waals surface area contributed by atoms with Crippen molar-refractivity contribution in [3.63, 3.8) is 0 Å². The number of benzene rings is 1. The molecule has 1 atom stereocenters. The fourth-order valence-electron chi connectivity index (χ4n) is 1.93. The number of aryl methyl sites for hydroxylation is 1. The minimum atomic E-state index is -0.198. The summed E-state index contributed by atoms with van der Waals surface area (Å²) < 4.78 is 4.92. The number of methoxy groups -OCH3 is 1. The molecule has 1 aromatic heterocycles. The molecule has 1 unspecified atom stereocenters. The van der Waals surface area contributed by atoms with Crippen LogP contribution in [0.1, 0.15) is 21.2 Å². The number of thiophene rings is 1. The number of hydrogen-bond acceptors (Lipinski definition) is 3. The zero-order valence-corrected chi connectivity index (χ0v) is 11.4. The second-order valence-electron chi connectivity index (χ2n) is 4.21. The van der Waals surface area contributed by atoms with E-state index in [1.54, 1.807) is 11.3 Å². The number of carbonyl (C=O) groups excluding carboxylic acids is 1. The number of hydrogen-bond donors (Lipinski definition) is 0. The van der Waals surface area contributed by atoms with E-state index in [1.165, 1.54) is 12.0 Å². The van der Waals surface area contributed by atoms with E-state index >= 15 is 0 Å². The van der Waals surface area contributed by atoms with Crippen molar-refractivity contribution in [1.82, 2.24) is 0 Å². The van der Waals surface area contributed by atoms with Crippen LogP contribution in [0.4, 0.5) is 0 Å². The highest BCUT2D eigenvalue weighted by Gasteiger charge is 2.23. The van der Waals surface area contributed by atoms with Gasteiger partial charge in [-0.25, -0.2) is 0 Å². The summed E-state index contributed by atoms with van der Waals surface area (Å²) in [6.45, 7) is 2.05. The molecular formula is C15H16O2S. The van der Waals surface area contributed by atoms with Gasteiger partial charge in [0.15, 0.2) is 0 Å². The molecule has 2 aromatic rings. The van der Waals surface area contributed by atoms with E-state index in [9.17, 15) is 4.79 Å². The summed E-state index contributed by atoms with van der Waals surface area (Å²) in [5.74, 6) is -0.364. The van der Waals surface area contributed by atoms with Gasteiger partial charge in [-0.3, -0.25) is 4.79 Å². The van der Waals surface area contributed by atoms with Crippen molar-refractivity contribution in [2.75, 3.05) is 7.11 Å². The van der Waals surface area contributed by atoms with Crippen LogP contribution in [0.3, 0.4) is 0 Å². The van der Waals surface area contributed by atoms with Gasteiger partial charge in [-0.05, 0) is 31.0 Å². The molecule has 0 aliphatic rings. The van der Waals surface area contributed by atoms with Gasteiger partial charge in [0, 0.05) is 9.75 Å². The Hall–Kier alpha value is -1.61. The third-order valence-corrected chi connectivity index (χ3v) is 3.99. The van der Waals surface area contributed by atoms with Crippen LogP contribution in [-0.4, -0.2) is 13.1 Å². The Balaban J connectivity index is 2.24. The predicted octanol–water partition coefficient (Wildman–Crippen LogP) is 3.56. The van der Waals surface area contributed by atoms with E-state index in [4.69, 9.17) is 4.74 Å². The van der Waals surface area contributed by atoms with Gasteiger partial charge in [-0.1, -0.05) is 30.3 Å². The van der Waals surface area contributed by atoms with E-state index in [0.29, 0.717) is 6.42 Å². The molecule has 1 aromatic carbocycles. The van der Waals surface area contributed by atoms with E-state index in [2.05, 4.69) is 0 Å². The Morgan fingerprint density at radius 3 is 2.50 bits per heavy atom. The molecule has 0 fully saturated rings. The quantitative estimate of drug-likeness (QED) is 0.786. The first-order valence-electron chi connectivity index (χ1n) is 5.89. The largest absolute Gasteiger partial charge is 0.469 e. The van der Waals surface area contributed by atoms with Gasteiger partial charge in [0.1, 0.15) is 0 Å². The molecule has 0 bridgehead atoms. The highest BCUT2D eigenvalue weighted by Crippen LogP contribution is 2.28. The van der Waals surface area contributed by atoms with Crippen LogP contribution < -0.4 is 0 Å².